The zero-order valence-corrected chi connectivity index (χ0v) is 46.1. The van der Waals surface area contributed by atoms with Gasteiger partial charge in [-0.2, -0.15) is 0 Å². The van der Waals surface area contributed by atoms with Crippen molar-refractivity contribution in [3.63, 3.8) is 0 Å². The van der Waals surface area contributed by atoms with E-state index in [9.17, 15) is 83.1 Å². The van der Waals surface area contributed by atoms with Crippen LogP contribution in [0.15, 0.2) is 48.5 Å². The highest BCUT2D eigenvalue weighted by Crippen LogP contribution is 2.17. The first kappa shape index (κ1) is 67.7. The molecule has 80 heavy (non-hydrogen) atoms. The summed E-state index contributed by atoms with van der Waals surface area (Å²) in [6, 6.07) is -3.13. The number of hydrogen-bond donors (Lipinski definition) is 15. The topological polar surface area (TPSA) is 454 Å². The molecule has 0 bridgehead atoms. The monoisotopic (exact) mass is 1130 g/mol. The molecule has 9 amide bonds. The fourth-order valence-corrected chi connectivity index (χ4v) is 7.83. The van der Waals surface area contributed by atoms with Gasteiger partial charge in [0.15, 0.2) is 0 Å². The third kappa shape index (κ3) is 23.3. The van der Waals surface area contributed by atoms with E-state index >= 15 is 0 Å². The van der Waals surface area contributed by atoms with Crippen molar-refractivity contribution >= 4 is 71.1 Å². The lowest BCUT2D eigenvalue weighted by Gasteiger charge is -2.29. The van der Waals surface area contributed by atoms with Gasteiger partial charge in [-0.05, 0) is 71.9 Å². The average molecular weight is 1130 g/mol. The summed E-state index contributed by atoms with van der Waals surface area (Å²) in [5.74, 6) is -16.1. The van der Waals surface area contributed by atoms with Gasteiger partial charge in [0.05, 0.1) is 18.9 Å². The fraction of sp³-hybridized carbons (Fsp3) is 0.547. The van der Waals surface area contributed by atoms with Gasteiger partial charge in [0.2, 0.25) is 53.2 Å². The number of phenolic OH excluding ortho intramolecular Hbond substituents is 2. The summed E-state index contributed by atoms with van der Waals surface area (Å²) in [7, 11) is 0. The number of phenols is 2. The van der Waals surface area contributed by atoms with E-state index in [1.54, 1.807) is 41.5 Å². The van der Waals surface area contributed by atoms with Crippen LogP contribution in [0.3, 0.4) is 0 Å². The van der Waals surface area contributed by atoms with Gasteiger partial charge in [-0.3, -0.25) is 52.7 Å². The molecule has 17 N–H and O–H groups in total. The van der Waals surface area contributed by atoms with Crippen molar-refractivity contribution in [2.75, 3.05) is 0 Å². The zero-order chi connectivity index (χ0) is 60.7. The number of carbonyl (C=O) groups is 12. The van der Waals surface area contributed by atoms with Crippen LogP contribution in [-0.2, 0) is 70.4 Å². The summed E-state index contributed by atoms with van der Waals surface area (Å²) in [5.41, 5.74) is 12.3. The quantitative estimate of drug-likeness (QED) is 0.0391. The van der Waals surface area contributed by atoms with Crippen LogP contribution in [0.5, 0.6) is 11.5 Å². The van der Waals surface area contributed by atoms with Gasteiger partial charge in [0, 0.05) is 19.3 Å². The first-order valence-electron chi connectivity index (χ1n) is 26.0. The normalized spacial score (nSPS) is 14.9. The Kier molecular flexibility index (Phi) is 27.5. The molecule has 0 aliphatic heterocycles. The summed E-state index contributed by atoms with van der Waals surface area (Å²) < 4.78 is 0. The molecule has 0 saturated carbocycles. The van der Waals surface area contributed by atoms with Crippen molar-refractivity contribution < 1.29 is 83.1 Å². The van der Waals surface area contributed by atoms with Gasteiger partial charge < -0.3 is 79.5 Å². The van der Waals surface area contributed by atoms with Gasteiger partial charge in [-0.15, -0.1) is 0 Å². The van der Waals surface area contributed by atoms with Crippen LogP contribution in [0.2, 0.25) is 0 Å². The summed E-state index contributed by atoms with van der Waals surface area (Å²) in [4.78, 5) is 159. The molecule has 2 rings (SSSR count). The molecule has 0 unspecified atom stereocenters. The minimum atomic E-state index is -2.03. The number of carboxylic acid groups (broad SMARTS) is 3. The largest absolute Gasteiger partial charge is 0.508 e. The second-order valence-electron chi connectivity index (χ2n) is 20.6. The molecule has 0 aliphatic rings. The van der Waals surface area contributed by atoms with Crippen LogP contribution in [0.4, 0.5) is 0 Å². The molecule has 0 aliphatic carbocycles. The Morgan fingerprint density at radius 1 is 0.463 bits per heavy atom. The lowest BCUT2D eigenvalue weighted by molar-refractivity contribution is -0.145. The predicted molar refractivity (Wildman–Crippen MR) is 286 cm³/mol. The van der Waals surface area contributed by atoms with Gasteiger partial charge in [0.1, 0.15) is 59.8 Å². The van der Waals surface area contributed by atoms with Gasteiger partial charge in [0.25, 0.3) is 0 Å². The highest BCUT2D eigenvalue weighted by Gasteiger charge is 2.38. The minimum Gasteiger partial charge on any atom is -0.508 e. The van der Waals surface area contributed by atoms with Gasteiger partial charge in [-0.25, -0.2) is 4.79 Å². The SMILES string of the molecule is CC[C@H](C)[C@H](NC(=O)[C@@H](N)C(C)C)C(=O)N[C@@H](Cc1ccc(O)cc1)C(=O)N[C@@H](CCC(N)=O)C(=O)N[C@@H](Cc1ccc(O)cc1)C(=O)N[C@H](C(=O)N[C@@H](CC(=O)O)C(=O)N[C@@H](CC(=O)O)C(=O)N[C@@H](CC(C)C)C(=O)O)C(C)C. The Labute approximate surface area is 462 Å². The molecule has 0 aromatic heterocycles. The Hall–Kier alpha value is -8.36. The zero-order valence-electron chi connectivity index (χ0n) is 46.1. The number of benzene rings is 2. The maximum absolute atomic E-state index is 14.4. The highest BCUT2D eigenvalue weighted by atomic mass is 16.4. The molecule has 2 aromatic rings. The highest BCUT2D eigenvalue weighted by molar-refractivity contribution is 5.99. The Bertz CT molecular complexity index is 2510. The maximum atomic E-state index is 14.4. The number of amides is 9. The molecule has 0 fully saturated rings. The molecule has 27 heteroatoms. The number of primary amides is 1. The average Bonchev–Trinajstić information content (AvgIpc) is 3.36. The fourth-order valence-electron chi connectivity index (χ4n) is 7.83. The summed E-state index contributed by atoms with van der Waals surface area (Å²) in [6.07, 6.45) is -3.46. The molecule has 0 saturated heterocycles. The van der Waals surface area contributed by atoms with E-state index in [1.807, 2.05) is 0 Å². The van der Waals surface area contributed by atoms with E-state index in [2.05, 4.69) is 42.5 Å². The first-order valence-corrected chi connectivity index (χ1v) is 26.0. The predicted octanol–water partition coefficient (Wildman–Crippen LogP) is -1.21. The standard InChI is InChI=1S/C53H78N10O17/c1-9-28(8)44(63-50(76)42(55)26(4)5)52(78)59-34(21-29-10-14-31(64)15-11-29)46(72)56-33(18-19-39(54)66)45(71)57-35(22-30-12-16-32(65)17-13-30)49(75)62-43(27(6)7)51(77)60-37(24-41(69)70)47(73)58-36(23-40(67)68)48(74)61-38(53(79)80)20-25(2)3/h10-17,25-28,33-38,42-44,64-65H,9,18-24,55H2,1-8H3,(H2,54,66)(H,56,72)(H,57,71)(H,58,73)(H,59,78)(H,60,77)(H,61,74)(H,62,75)(H,63,76)(H,67,68)(H,69,70)(H,79,80)/t28-,33-,34-,35-,36-,37-,38-,42-,43-,44-/m0/s1. The number of carbonyl (C=O) groups excluding carboxylic acids is 9. The number of nitrogens with one attached hydrogen (secondary N) is 8. The third-order valence-corrected chi connectivity index (χ3v) is 12.7. The van der Waals surface area contributed by atoms with Crippen LogP contribution >= 0.6 is 0 Å². The molecular formula is C53H78N10O17. The molecule has 27 nitrogen and oxygen atoms in total. The summed E-state index contributed by atoms with van der Waals surface area (Å²) in [5, 5.41) is 68.1. The van der Waals surface area contributed by atoms with E-state index in [-0.39, 0.29) is 42.6 Å². The molecule has 0 heterocycles. The van der Waals surface area contributed by atoms with Crippen LogP contribution in [0.25, 0.3) is 0 Å². The maximum Gasteiger partial charge on any atom is 0.326 e. The first-order chi connectivity index (χ1) is 37.3. The third-order valence-electron chi connectivity index (χ3n) is 12.7. The van der Waals surface area contributed by atoms with E-state index < -0.39 is 163 Å². The molecule has 0 radical (unpaired) electrons. The second-order valence-corrected chi connectivity index (χ2v) is 20.6. The van der Waals surface area contributed by atoms with Crippen molar-refractivity contribution in [2.45, 2.75) is 161 Å². The number of nitrogens with two attached hydrogens (primary N) is 2. The van der Waals surface area contributed by atoms with Crippen molar-refractivity contribution in [3.8, 4) is 11.5 Å². The smallest absolute Gasteiger partial charge is 0.326 e. The summed E-state index contributed by atoms with van der Waals surface area (Å²) >= 11 is 0. The van der Waals surface area contributed by atoms with Gasteiger partial charge in [-0.1, -0.05) is 86.1 Å². The van der Waals surface area contributed by atoms with Crippen molar-refractivity contribution in [1.29, 1.82) is 0 Å². The number of aromatic hydroxyl groups is 2. The van der Waals surface area contributed by atoms with E-state index in [0.29, 0.717) is 17.5 Å². The number of aliphatic carboxylic acids is 3. The Morgan fingerprint density at radius 3 is 1.23 bits per heavy atom. The van der Waals surface area contributed by atoms with E-state index in [1.165, 1.54) is 62.4 Å². The lowest BCUT2D eigenvalue weighted by atomic mass is 9.95. The molecule has 10 atom stereocenters. The molecular weight excluding hydrogens is 1050 g/mol. The minimum absolute atomic E-state index is 0.0797. The molecule has 2 aromatic carbocycles. The van der Waals surface area contributed by atoms with Crippen LogP contribution in [0, 0.1) is 23.7 Å². The number of carboxylic acids is 3. The number of hydrogen-bond acceptors (Lipinski definition) is 15. The Balaban J connectivity index is 2.58. The van der Waals surface area contributed by atoms with Crippen LogP contribution in [0.1, 0.15) is 105 Å². The number of rotatable bonds is 34. The van der Waals surface area contributed by atoms with Gasteiger partial charge >= 0.3 is 17.9 Å². The van der Waals surface area contributed by atoms with Crippen molar-refractivity contribution in [3.05, 3.63) is 59.7 Å². The van der Waals surface area contributed by atoms with Crippen LogP contribution < -0.4 is 54.0 Å². The Morgan fingerprint density at radius 2 is 0.825 bits per heavy atom. The summed E-state index contributed by atoms with van der Waals surface area (Å²) in [6.45, 7) is 13.1. The van der Waals surface area contributed by atoms with E-state index in [4.69, 9.17) is 11.5 Å². The van der Waals surface area contributed by atoms with Crippen LogP contribution in [-0.4, -0.2) is 151 Å². The molecule has 0 spiro atoms. The molecule has 442 valence electrons. The van der Waals surface area contributed by atoms with Crippen molar-refractivity contribution in [2.24, 2.45) is 35.1 Å². The van der Waals surface area contributed by atoms with Crippen molar-refractivity contribution in [1.82, 2.24) is 42.5 Å². The lowest BCUT2D eigenvalue weighted by Crippen LogP contribution is -2.62. The second kappa shape index (κ2) is 32.5. The van der Waals surface area contributed by atoms with E-state index in [0.717, 1.165) is 0 Å².